The molecule has 0 radical (unpaired) electrons. The first-order chi connectivity index (χ1) is 8.99. The smallest absolute Gasteiger partial charge is 0.186 e. The molecule has 1 unspecified atom stereocenters. The lowest BCUT2D eigenvalue weighted by Crippen LogP contribution is -2.08. The van der Waals surface area contributed by atoms with Gasteiger partial charge in [0, 0.05) is 12.2 Å². The quantitative estimate of drug-likeness (QED) is 0.694. The van der Waals surface area contributed by atoms with Crippen LogP contribution in [0.5, 0.6) is 0 Å². The Hall–Kier alpha value is -0.540. The van der Waals surface area contributed by atoms with Gasteiger partial charge in [0.1, 0.15) is 0 Å². The molecule has 1 rings (SSSR count). The van der Waals surface area contributed by atoms with E-state index in [9.17, 15) is 4.79 Å². The van der Waals surface area contributed by atoms with E-state index in [4.69, 9.17) is 0 Å². The van der Waals surface area contributed by atoms with Crippen LogP contribution in [0, 0.1) is 0 Å². The maximum Gasteiger partial charge on any atom is 0.186 e. The Morgan fingerprint density at radius 2 is 1.84 bits per heavy atom. The van der Waals surface area contributed by atoms with Gasteiger partial charge in [-0.25, -0.2) is 0 Å². The van der Waals surface area contributed by atoms with Gasteiger partial charge in [0.25, 0.3) is 0 Å². The molecular formula is C16H21BrOS. The minimum Gasteiger partial charge on any atom is -0.288 e. The summed E-state index contributed by atoms with van der Waals surface area (Å²) in [5.74, 6) is 0. The van der Waals surface area contributed by atoms with Crippen molar-refractivity contribution < 1.29 is 4.79 Å². The Morgan fingerprint density at radius 1 is 1.21 bits per heavy atom. The molecule has 0 fully saturated rings. The average Bonchev–Trinajstić information content (AvgIpc) is 2.36. The molecular weight excluding hydrogens is 320 g/mol. The van der Waals surface area contributed by atoms with E-state index in [0.717, 1.165) is 19.3 Å². The molecule has 0 aliphatic heterocycles. The highest BCUT2D eigenvalue weighted by molar-refractivity contribution is 9.11. The fourth-order valence-electron chi connectivity index (χ4n) is 1.81. The highest BCUT2D eigenvalue weighted by Crippen LogP contribution is 2.28. The van der Waals surface area contributed by atoms with E-state index >= 15 is 0 Å². The number of allylic oxidation sites excluding steroid dienone is 2. The summed E-state index contributed by atoms with van der Waals surface area (Å²) in [5, 5.41) is 0.550. The maximum atomic E-state index is 11.3. The zero-order valence-electron chi connectivity index (χ0n) is 11.8. The molecule has 0 saturated heterocycles. The lowest BCUT2D eigenvalue weighted by Gasteiger charge is -2.15. The van der Waals surface area contributed by atoms with Crippen LogP contribution in [0.3, 0.4) is 0 Å². The van der Waals surface area contributed by atoms with Crippen LogP contribution in [-0.2, 0) is 11.2 Å². The number of hydrogen-bond acceptors (Lipinski definition) is 2. The van der Waals surface area contributed by atoms with Gasteiger partial charge in [0.05, 0.1) is 0 Å². The predicted octanol–water partition coefficient (Wildman–Crippen LogP) is 5.35. The number of rotatable bonds is 6. The first kappa shape index (κ1) is 16.5. The Bertz CT molecular complexity index is 435. The molecule has 0 heterocycles. The number of benzene rings is 1. The van der Waals surface area contributed by atoms with Crippen molar-refractivity contribution in [1.82, 2.24) is 0 Å². The average molecular weight is 341 g/mol. The van der Waals surface area contributed by atoms with E-state index in [0.29, 0.717) is 5.25 Å². The standard InChI is InChI=1S/C16H21BrOS/c1-12(2)16(17)11-15(19-13(3)18)10-9-14-7-5-4-6-8-14/h4-8,15H,9-11H2,1-3H3. The Balaban J connectivity index is 2.59. The molecule has 0 bridgehead atoms. The molecule has 0 aromatic heterocycles. The fourth-order valence-corrected chi connectivity index (χ4v) is 3.37. The SMILES string of the molecule is CC(=O)SC(CCc1ccccc1)CC(Br)=C(C)C. The molecule has 0 aliphatic rings. The van der Waals surface area contributed by atoms with Crippen LogP contribution >= 0.6 is 27.7 Å². The molecule has 19 heavy (non-hydrogen) atoms. The number of halogens is 1. The lowest BCUT2D eigenvalue weighted by atomic mass is 10.1. The zero-order valence-corrected chi connectivity index (χ0v) is 14.2. The normalized spacial score (nSPS) is 12.0. The number of thioether (sulfide) groups is 1. The van der Waals surface area contributed by atoms with Crippen LogP contribution in [0.15, 0.2) is 40.4 Å². The minimum atomic E-state index is 0.201. The highest BCUT2D eigenvalue weighted by Gasteiger charge is 2.14. The number of carbonyl (C=O) groups excluding carboxylic acids is 1. The van der Waals surface area contributed by atoms with Crippen molar-refractivity contribution in [3.05, 3.63) is 46.0 Å². The van der Waals surface area contributed by atoms with Gasteiger partial charge in [-0.3, -0.25) is 4.79 Å². The number of hydrogen-bond donors (Lipinski definition) is 0. The van der Waals surface area contributed by atoms with Gasteiger partial charge in [-0.15, -0.1) is 0 Å². The van der Waals surface area contributed by atoms with Crippen LogP contribution in [0.2, 0.25) is 0 Å². The van der Waals surface area contributed by atoms with Crippen LogP contribution < -0.4 is 0 Å². The molecule has 0 amide bonds. The second kappa shape index (κ2) is 8.60. The van der Waals surface area contributed by atoms with Crippen molar-refractivity contribution in [2.24, 2.45) is 0 Å². The third-order valence-corrected chi connectivity index (χ3v) is 5.06. The summed E-state index contributed by atoms with van der Waals surface area (Å²) < 4.78 is 1.22. The molecule has 0 saturated carbocycles. The van der Waals surface area contributed by atoms with Gasteiger partial charge < -0.3 is 0 Å². The lowest BCUT2D eigenvalue weighted by molar-refractivity contribution is -0.109. The summed E-state index contributed by atoms with van der Waals surface area (Å²) in [4.78, 5) is 11.3. The molecule has 1 nitrogen and oxygen atoms in total. The molecule has 1 aromatic rings. The van der Waals surface area contributed by atoms with Crippen molar-refractivity contribution in [1.29, 1.82) is 0 Å². The van der Waals surface area contributed by atoms with Crippen molar-refractivity contribution in [3.8, 4) is 0 Å². The summed E-state index contributed by atoms with van der Waals surface area (Å²) in [6, 6.07) is 10.4. The Labute approximate surface area is 129 Å². The topological polar surface area (TPSA) is 17.1 Å². The monoisotopic (exact) mass is 340 g/mol. The summed E-state index contributed by atoms with van der Waals surface area (Å²) >= 11 is 5.08. The molecule has 1 atom stereocenters. The third kappa shape index (κ3) is 6.98. The van der Waals surface area contributed by atoms with E-state index in [1.165, 1.54) is 27.4 Å². The van der Waals surface area contributed by atoms with E-state index in [1.54, 1.807) is 6.92 Å². The first-order valence-corrected chi connectivity index (χ1v) is 8.19. The van der Waals surface area contributed by atoms with Gasteiger partial charge in [0.15, 0.2) is 5.12 Å². The van der Waals surface area contributed by atoms with Crippen LogP contribution in [0.1, 0.15) is 39.2 Å². The van der Waals surface area contributed by atoms with Crippen molar-refractivity contribution in [3.63, 3.8) is 0 Å². The second-order valence-corrected chi connectivity index (χ2v) is 7.30. The predicted molar refractivity (Wildman–Crippen MR) is 88.7 cm³/mol. The van der Waals surface area contributed by atoms with Gasteiger partial charge in [-0.1, -0.05) is 63.6 Å². The summed E-state index contributed by atoms with van der Waals surface area (Å²) in [6.45, 7) is 5.84. The zero-order chi connectivity index (χ0) is 14.3. The van der Waals surface area contributed by atoms with Gasteiger partial charge in [0.2, 0.25) is 0 Å². The summed E-state index contributed by atoms with van der Waals surface area (Å²) in [6.07, 6.45) is 2.98. The van der Waals surface area contributed by atoms with Crippen LogP contribution in [0.4, 0.5) is 0 Å². The number of aryl methyl sites for hydroxylation is 1. The Morgan fingerprint density at radius 3 is 2.37 bits per heavy atom. The van der Waals surface area contributed by atoms with E-state index in [-0.39, 0.29) is 5.12 Å². The molecule has 0 spiro atoms. The molecule has 104 valence electrons. The minimum absolute atomic E-state index is 0.201. The van der Waals surface area contributed by atoms with Crippen LogP contribution in [-0.4, -0.2) is 10.4 Å². The Kier molecular flexibility index (Phi) is 7.47. The van der Waals surface area contributed by atoms with Crippen LogP contribution in [0.25, 0.3) is 0 Å². The molecule has 0 aliphatic carbocycles. The van der Waals surface area contributed by atoms with Crippen molar-refractivity contribution >= 4 is 32.8 Å². The largest absolute Gasteiger partial charge is 0.288 e. The highest BCUT2D eigenvalue weighted by atomic mass is 79.9. The molecule has 0 N–H and O–H groups in total. The van der Waals surface area contributed by atoms with E-state index < -0.39 is 0 Å². The van der Waals surface area contributed by atoms with Gasteiger partial charge in [-0.2, -0.15) is 0 Å². The van der Waals surface area contributed by atoms with Gasteiger partial charge in [-0.05, 0) is 43.2 Å². The summed E-state index contributed by atoms with van der Waals surface area (Å²) in [7, 11) is 0. The number of carbonyl (C=O) groups is 1. The van der Waals surface area contributed by atoms with E-state index in [2.05, 4.69) is 54.0 Å². The fraction of sp³-hybridized carbons (Fsp3) is 0.438. The third-order valence-electron chi connectivity index (χ3n) is 2.88. The summed E-state index contributed by atoms with van der Waals surface area (Å²) in [5.41, 5.74) is 2.62. The molecule has 3 heteroatoms. The van der Waals surface area contributed by atoms with Crippen molar-refractivity contribution in [2.75, 3.05) is 0 Å². The maximum absolute atomic E-state index is 11.3. The van der Waals surface area contributed by atoms with Crippen molar-refractivity contribution in [2.45, 2.75) is 45.3 Å². The van der Waals surface area contributed by atoms with Gasteiger partial charge >= 0.3 is 0 Å². The second-order valence-electron chi connectivity index (χ2n) is 4.86. The first-order valence-electron chi connectivity index (χ1n) is 6.52. The molecule has 1 aromatic carbocycles. The van der Waals surface area contributed by atoms with E-state index in [1.807, 2.05) is 6.07 Å².